The number of halogens is 2. The maximum atomic E-state index is 13.7. The molecule has 3 aromatic heterocycles. The SMILES string of the molecule is O=C(NCc1nnc(SCC(=O)N2N=C(c3cccs3)C[C@@H]2c2ccc(F)cc2)n1-c1cccc(Cl)c1)c1cccs1. The van der Waals surface area contributed by atoms with Crippen molar-refractivity contribution in [2.75, 3.05) is 5.75 Å². The molecule has 0 unspecified atom stereocenters. The summed E-state index contributed by atoms with van der Waals surface area (Å²) in [6, 6.07) is 20.5. The number of carbonyl (C=O) groups is 2. The van der Waals surface area contributed by atoms with E-state index in [-0.39, 0.29) is 36.0 Å². The third kappa shape index (κ3) is 6.16. The highest BCUT2D eigenvalue weighted by molar-refractivity contribution is 7.99. The van der Waals surface area contributed by atoms with Crippen LogP contribution in [-0.2, 0) is 11.3 Å². The van der Waals surface area contributed by atoms with Gasteiger partial charge in [0.2, 0.25) is 0 Å². The molecule has 0 saturated heterocycles. The van der Waals surface area contributed by atoms with Gasteiger partial charge in [-0.15, -0.1) is 32.9 Å². The molecule has 4 heterocycles. The molecular weight excluding hydrogens is 615 g/mol. The summed E-state index contributed by atoms with van der Waals surface area (Å²) in [5.74, 6) is -0.267. The highest BCUT2D eigenvalue weighted by Crippen LogP contribution is 2.35. The van der Waals surface area contributed by atoms with Crippen LogP contribution in [0.25, 0.3) is 5.69 Å². The Labute approximate surface area is 257 Å². The van der Waals surface area contributed by atoms with E-state index >= 15 is 0 Å². The summed E-state index contributed by atoms with van der Waals surface area (Å²) in [5.41, 5.74) is 2.31. The van der Waals surface area contributed by atoms with Gasteiger partial charge in [0.15, 0.2) is 11.0 Å². The Hall–Kier alpha value is -3.84. The van der Waals surface area contributed by atoms with Crippen LogP contribution < -0.4 is 5.32 Å². The smallest absolute Gasteiger partial charge is 0.261 e. The zero-order valence-electron chi connectivity index (χ0n) is 21.8. The number of amides is 2. The molecule has 2 amide bonds. The standard InChI is InChI=1S/C29H22ClFN6O2S3/c30-19-4-1-5-21(14-19)36-26(16-32-28(39)25-7-3-13-41-25)33-34-29(36)42-17-27(38)37-23(18-8-10-20(31)11-9-18)15-22(35-37)24-6-2-12-40-24/h1-14,23H,15-17H2,(H,32,39)/t23-/m1/s1. The summed E-state index contributed by atoms with van der Waals surface area (Å²) in [4.78, 5) is 27.8. The van der Waals surface area contributed by atoms with E-state index in [4.69, 9.17) is 16.7 Å². The van der Waals surface area contributed by atoms with Gasteiger partial charge in [-0.05, 0) is 58.8 Å². The Balaban J connectivity index is 1.24. The molecule has 0 fully saturated rings. The number of hydrogen-bond acceptors (Lipinski definition) is 8. The number of hydrazone groups is 1. The average Bonchev–Trinajstić information content (AvgIpc) is 3.81. The number of nitrogens with one attached hydrogen (secondary N) is 1. The van der Waals surface area contributed by atoms with Crippen molar-refractivity contribution in [3.63, 3.8) is 0 Å². The fraction of sp³-hybridized carbons (Fsp3) is 0.138. The summed E-state index contributed by atoms with van der Waals surface area (Å²) >= 11 is 10.4. The van der Waals surface area contributed by atoms with Gasteiger partial charge in [0.25, 0.3) is 11.8 Å². The minimum absolute atomic E-state index is 0.0270. The molecule has 1 aliphatic heterocycles. The highest BCUT2D eigenvalue weighted by Gasteiger charge is 2.33. The van der Waals surface area contributed by atoms with Crippen LogP contribution in [0.2, 0.25) is 5.02 Å². The highest BCUT2D eigenvalue weighted by atomic mass is 35.5. The predicted octanol–water partition coefficient (Wildman–Crippen LogP) is 6.58. The summed E-state index contributed by atoms with van der Waals surface area (Å²) in [6.45, 7) is 0.123. The lowest BCUT2D eigenvalue weighted by Crippen LogP contribution is -2.28. The molecule has 0 spiro atoms. The lowest BCUT2D eigenvalue weighted by Gasteiger charge is -2.22. The molecule has 1 atom stereocenters. The van der Waals surface area contributed by atoms with Crippen molar-refractivity contribution < 1.29 is 14.0 Å². The van der Waals surface area contributed by atoms with E-state index < -0.39 is 0 Å². The Bertz CT molecular complexity index is 1740. The van der Waals surface area contributed by atoms with E-state index in [9.17, 15) is 14.0 Å². The second-order valence-electron chi connectivity index (χ2n) is 9.20. The third-order valence-corrected chi connectivity index (χ3v) is 9.41. The van der Waals surface area contributed by atoms with Crippen LogP contribution in [0.15, 0.2) is 93.8 Å². The van der Waals surface area contributed by atoms with Crippen LogP contribution in [0, 0.1) is 5.82 Å². The van der Waals surface area contributed by atoms with Crippen LogP contribution in [0.4, 0.5) is 4.39 Å². The number of benzene rings is 2. The lowest BCUT2D eigenvalue weighted by atomic mass is 10.0. The number of nitrogens with zero attached hydrogens (tertiary/aromatic N) is 5. The van der Waals surface area contributed by atoms with E-state index in [2.05, 4.69) is 15.5 Å². The number of aromatic nitrogens is 3. The van der Waals surface area contributed by atoms with Crippen LogP contribution in [0.1, 0.15) is 38.4 Å². The van der Waals surface area contributed by atoms with Crippen molar-refractivity contribution >= 4 is 63.6 Å². The Morgan fingerprint density at radius 3 is 2.57 bits per heavy atom. The van der Waals surface area contributed by atoms with E-state index in [1.165, 1.54) is 40.2 Å². The largest absolute Gasteiger partial charge is 0.344 e. The summed E-state index contributed by atoms with van der Waals surface area (Å²) in [6.07, 6.45) is 0.523. The molecule has 1 aliphatic rings. The molecule has 1 N–H and O–H groups in total. The Morgan fingerprint density at radius 1 is 1.02 bits per heavy atom. The normalized spacial score (nSPS) is 14.7. The lowest BCUT2D eigenvalue weighted by molar-refractivity contribution is -0.130. The molecule has 42 heavy (non-hydrogen) atoms. The topological polar surface area (TPSA) is 92.5 Å². The van der Waals surface area contributed by atoms with Gasteiger partial charge in [0.05, 0.1) is 39.5 Å². The van der Waals surface area contributed by atoms with Gasteiger partial charge in [0, 0.05) is 11.4 Å². The third-order valence-electron chi connectivity index (χ3n) is 6.47. The average molecular weight is 637 g/mol. The van der Waals surface area contributed by atoms with Gasteiger partial charge in [0.1, 0.15) is 5.82 Å². The van der Waals surface area contributed by atoms with Crippen LogP contribution in [0.3, 0.4) is 0 Å². The zero-order valence-corrected chi connectivity index (χ0v) is 25.0. The van der Waals surface area contributed by atoms with Crippen molar-refractivity contribution in [3.05, 3.63) is 116 Å². The maximum Gasteiger partial charge on any atom is 0.261 e. The van der Waals surface area contributed by atoms with E-state index in [0.29, 0.717) is 33.0 Å². The quantitative estimate of drug-likeness (QED) is 0.185. The minimum atomic E-state index is -0.357. The number of carbonyl (C=O) groups excluding carboxylic acids is 2. The minimum Gasteiger partial charge on any atom is -0.344 e. The predicted molar refractivity (Wildman–Crippen MR) is 164 cm³/mol. The fourth-order valence-electron chi connectivity index (χ4n) is 4.51. The molecule has 6 rings (SSSR count). The molecule has 13 heteroatoms. The van der Waals surface area contributed by atoms with E-state index in [1.54, 1.807) is 46.2 Å². The molecule has 5 aromatic rings. The maximum absolute atomic E-state index is 13.7. The van der Waals surface area contributed by atoms with Gasteiger partial charge in [-0.25, -0.2) is 9.40 Å². The first-order chi connectivity index (χ1) is 20.5. The number of thioether (sulfide) groups is 1. The Morgan fingerprint density at radius 2 is 1.83 bits per heavy atom. The van der Waals surface area contributed by atoms with E-state index in [0.717, 1.165) is 16.2 Å². The Kier molecular flexibility index (Phi) is 8.47. The molecule has 0 radical (unpaired) electrons. The van der Waals surface area contributed by atoms with Gasteiger partial charge in [-0.2, -0.15) is 5.10 Å². The van der Waals surface area contributed by atoms with Crippen LogP contribution >= 0.6 is 46.0 Å². The van der Waals surface area contributed by atoms with Crippen molar-refractivity contribution in [2.45, 2.75) is 24.2 Å². The zero-order chi connectivity index (χ0) is 29.1. The van der Waals surface area contributed by atoms with Gasteiger partial charge >= 0.3 is 0 Å². The molecule has 8 nitrogen and oxygen atoms in total. The first-order valence-corrected chi connectivity index (χ1v) is 15.9. The second-order valence-corrected chi connectivity index (χ2v) is 12.5. The van der Waals surface area contributed by atoms with Crippen molar-refractivity contribution in [1.29, 1.82) is 0 Å². The van der Waals surface area contributed by atoms with Crippen LogP contribution in [-0.4, -0.2) is 43.1 Å². The van der Waals surface area contributed by atoms with Crippen LogP contribution in [0.5, 0.6) is 0 Å². The van der Waals surface area contributed by atoms with Crippen molar-refractivity contribution in [3.8, 4) is 5.69 Å². The molecule has 2 aromatic carbocycles. The monoisotopic (exact) mass is 636 g/mol. The molecular formula is C29H22ClFN6O2S3. The molecule has 0 aliphatic carbocycles. The van der Waals surface area contributed by atoms with Crippen molar-refractivity contribution in [1.82, 2.24) is 25.1 Å². The first-order valence-electron chi connectivity index (χ1n) is 12.8. The molecule has 212 valence electrons. The summed E-state index contributed by atoms with van der Waals surface area (Å²) < 4.78 is 15.4. The summed E-state index contributed by atoms with van der Waals surface area (Å²) in [7, 11) is 0. The number of thiophene rings is 2. The number of rotatable bonds is 9. The molecule has 0 bridgehead atoms. The fourth-order valence-corrected chi connectivity index (χ4v) is 6.87. The van der Waals surface area contributed by atoms with Gasteiger partial charge in [-0.3, -0.25) is 14.2 Å². The summed E-state index contributed by atoms with van der Waals surface area (Å²) in [5, 5.41) is 22.5. The number of hydrogen-bond donors (Lipinski definition) is 1. The van der Waals surface area contributed by atoms with Gasteiger partial charge < -0.3 is 5.32 Å². The van der Waals surface area contributed by atoms with E-state index in [1.807, 2.05) is 41.1 Å². The first kappa shape index (κ1) is 28.3. The van der Waals surface area contributed by atoms with Crippen molar-refractivity contribution in [2.24, 2.45) is 5.10 Å². The van der Waals surface area contributed by atoms with Gasteiger partial charge in [-0.1, -0.05) is 53.7 Å². The molecule has 0 saturated carbocycles. The second kappa shape index (κ2) is 12.6.